The highest BCUT2D eigenvalue weighted by Gasteiger charge is 2.15. The van der Waals surface area contributed by atoms with E-state index in [1.165, 1.54) is 4.70 Å². The van der Waals surface area contributed by atoms with Crippen LogP contribution >= 0.6 is 11.3 Å². The Kier molecular flexibility index (Phi) is 2.52. The molecule has 0 spiro atoms. The van der Waals surface area contributed by atoms with Crippen molar-refractivity contribution >= 4 is 21.6 Å². The molecule has 0 fully saturated rings. The van der Waals surface area contributed by atoms with Crippen molar-refractivity contribution in [2.75, 3.05) is 0 Å². The summed E-state index contributed by atoms with van der Waals surface area (Å²) in [5.74, 6) is 0.118. The molecule has 3 heteroatoms. The molecule has 2 nitrogen and oxygen atoms in total. The standard InChI is InChI=1S/C11H13NOS/c1-7(8(2)13)11-12-9-5-3-4-6-10(9)14-11/h3-8,13H,1-2H3/t7-,8-/m1/s1. The maximum atomic E-state index is 9.47. The second-order valence-corrected chi connectivity index (χ2v) is 4.61. The van der Waals surface area contributed by atoms with Crippen LogP contribution in [0, 0.1) is 0 Å². The molecule has 0 unspecified atom stereocenters. The van der Waals surface area contributed by atoms with Gasteiger partial charge in [0.15, 0.2) is 0 Å². The van der Waals surface area contributed by atoms with E-state index in [1.54, 1.807) is 18.3 Å². The predicted molar refractivity (Wildman–Crippen MR) is 59.7 cm³/mol. The molecule has 0 bridgehead atoms. The first-order valence-corrected chi connectivity index (χ1v) is 5.53. The van der Waals surface area contributed by atoms with Crippen molar-refractivity contribution in [2.45, 2.75) is 25.9 Å². The van der Waals surface area contributed by atoms with Gasteiger partial charge in [-0.2, -0.15) is 0 Å². The van der Waals surface area contributed by atoms with Crippen molar-refractivity contribution in [2.24, 2.45) is 0 Å². The van der Waals surface area contributed by atoms with E-state index >= 15 is 0 Å². The summed E-state index contributed by atoms with van der Waals surface area (Å²) in [6, 6.07) is 8.06. The van der Waals surface area contributed by atoms with E-state index in [0.29, 0.717) is 0 Å². The van der Waals surface area contributed by atoms with Gasteiger partial charge in [-0.3, -0.25) is 0 Å². The van der Waals surface area contributed by atoms with Gasteiger partial charge in [-0.1, -0.05) is 19.1 Å². The molecule has 2 aromatic rings. The summed E-state index contributed by atoms with van der Waals surface area (Å²) in [6.07, 6.45) is -0.337. The van der Waals surface area contributed by atoms with Crippen molar-refractivity contribution in [1.82, 2.24) is 4.98 Å². The van der Waals surface area contributed by atoms with E-state index in [9.17, 15) is 5.11 Å². The molecule has 0 saturated carbocycles. The zero-order chi connectivity index (χ0) is 10.1. The number of benzene rings is 1. The van der Waals surface area contributed by atoms with Gasteiger partial charge in [0, 0.05) is 5.92 Å². The van der Waals surface area contributed by atoms with Crippen molar-refractivity contribution in [1.29, 1.82) is 0 Å². The molecular formula is C11H13NOS. The number of para-hydroxylation sites is 1. The Morgan fingerprint density at radius 2 is 2.00 bits per heavy atom. The lowest BCUT2D eigenvalue weighted by atomic mass is 10.1. The molecule has 1 aromatic carbocycles. The molecule has 1 N–H and O–H groups in total. The molecule has 0 amide bonds. The molecule has 1 heterocycles. The Morgan fingerprint density at radius 1 is 1.29 bits per heavy atom. The number of rotatable bonds is 2. The van der Waals surface area contributed by atoms with Crippen LogP contribution in [-0.2, 0) is 0 Å². The van der Waals surface area contributed by atoms with Gasteiger partial charge in [-0.25, -0.2) is 4.98 Å². The number of aliphatic hydroxyl groups is 1. The maximum absolute atomic E-state index is 9.47. The average molecular weight is 207 g/mol. The highest BCUT2D eigenvalue weighted by molar-refractivity contribution is 7.18. The zero-order valence-electron chi connectivity index (χ0n) is 8.27. The molecule has 2 atom stereocenters. The van der Waals surface area contributed by atoms with Crippen LogP contribution in [0.15, 0.2) is 24.3 Å². The van der Waals surface area contributed by atoms with Crippen LogP contribution in [0.2, 0.25) is 0 Å². The summed E-state index contributed by atoms with van der Waals surface area (Å²) in [5, 5.41) is 10.5. The number of aliphatic hydroxyl groups excluding tert-OH is 1. The van der Waals surface area contributed by atoms with E-state index in [2.05, 4.69) is 11.1 Å². The third-order valence-corrected chi connectivity index (χ3v) is 3.66. The molecule has 74 valence electrons. The van der Waals surface area contributed by atoms with Crippen LogP contribution < -0.4 is 0 Å². The van der Waals surface area contributed by atoms with E-state index in [-0.39, 0.29) is 12.0 Å². The highest BCUT2D eigenvalue weighted by atomic mass is 32.1. The molecular weight excluding hydrogens is 194 g/mol. The fourth-order valence-corrected chi connectivity index (χ4v) is 2.41. The molecule has 14 heavy (non-hydrogen) atoms. The molecule has 1 aromatic heterocycles. The average Bonchev–Trinajstić information content (AvgIpc) is 2.59. The first kappa shape index (κ1) is 9.62. The quantitative estimate of drug-likeness (QED) is 0.821. The van der Waals surface area contributed by atoms with Gasteiger partial charge >= 0.3 is 0 Å². The number of nitrogens with zero attached hydrogens (tertiary/aromatic N) is 1. The van der Waals surface area contributed by atoms with Crippen molar-refractivity contribution in [3.63, 3.8) is 0 Å². The van der Waals surface area contributed by atoms with E-state index < -0.39 is 0 Å². The van der Waals surface area contributed by atoms with Gasteiger partial charge in [0.25, 0.3) is 0 Å². The lowest BCUT2D eigenvalue weighted by Crippen LogP contribution is -2.10. The normalized spacial score (nSPS) is 15.6. The Labute approximate surface area is 87.2 Å². The van der Waals surface area contributed by atoms with Crippen LogP contribution in [0.4, 0.5) is 0 Å². The minimum Gasteiger partial charge on any atom is -0.393 e. The minimum absolute atomic E-state index is 0.118. The van der Waals surface area contributed by atoms with Crippen molar-refractivity contribution in [3.05, 3.63) is 29.3 Å². The summed E-state index contributed by atoms with van der Waals surface area (Å²) in [4.78, 5) is 4.49. The Balaban J connectivity index is 2.45. The summed E-state index contributed by atoms with van der Waals surface area (Å²) in [7, 11) is 0. The molecule has 0 aliphatic heterocycles. The Hall–Kier alpha value is -0.930. The smallest absolute Gasteiger partial charge is 0.0992 e. The van der Waals surface area contributed by atoms with Crippen LogP contribution in [0.1, 0.15) is 24.8 Å². The largest absolute Gasteiger partial charge is 0.393 e. The maximum Gasteiger partial charge on any atom is 0.0992 e. The summed E-state index contributed by atoms with van der Waals surface area (Å²) in [5.41, 5.74) is 1.03. The topological polar surface area (TPSA) is 33.1 Å². The van der Waals surface area contributed by atoms with Gasteiger partial charge in [0.1, 0.15) is 0 Å². The van der Waals surface area contributed by atoms with Gasteiger partial charge < -0.3 is 5.11 Å². The first-order chi connectivity index (χ1) is 6.68. The first-order valence-electron chi connectivity index (χ1n) is 4.72. The van der Waals surface area contributed by atoms with E-state index in [0.717, 1.165) is 10.5 Å². The Morgan fingerprint density at radius 3 is 2.64 bits per heavy atom. The molecule has 2 rings (SSSR count). The van der Waals surface area contributed by atoms with Crippen molar-refractivity contribution < 1.29 is 5.11 Å². The van der Waals surface area contributed by atoms with Crippen LogP contribution in [-0.4, -0.2) is 16.2 Å². The summed E-state index contributed by atoms with van der Waals surface area (Å²) < 4.78 is 1.19. The van der Waals surface area contributed by atoms with Crippen LogP contribution in [0.25, 0.3) is 10.2 Å². The second kappa shape index (κ2) is 3.67. The summed E-state index contributed by atoms with van der Waals surface area (Å²) in [6.45, 7) is 3.80. The van der Waals surface area contributed by atoms with Gasteiger partial charge in [0.05, 0.1) is 21.3 Å². The van der Waals surface area contributed by atoms with E-state index in [4.69, 9.17) is 0 Å². The Bertz CT molecular complexity index is 403. The van der Waals surface area contributed by atoms with Crippen LogP contribution in [0.5, 0.6) is 0 Å². The minimum atomic E-state index is -0.337. The molecule has 0 aliphatic carbocycles. The third-order valence-electron chi connectivity index (χ3n) is 2.42. The number of hydrogen-bond acceptors (Lipinski definition) is 3. The predicted octanol–water partition coefficient (Wildman–Crippen LogP) is 2.78. The van der Waals surface area contributed by atoms with Crippen molar-refractivity contribution in [3.8, 4) is 0 Å². The van der Waals surface area contributed by atoms with Gasteiger partial charge in [-0.15, -0.1) is 11.3 Å². The van der Waals surface area contributed by atoms with E-state index in [1.807, 2.05) is 25.1 Å². The summed E-state index contributed by atoms with van der Waals surface area (Å²) >= 11 is 1.66. The lowest BCUT2D eigenvalue weighted by Gasteiger charge is -2.10. The SMILES string of the molecule is C[C@@H](O)[C@@H](C)c1nc2ccccc2s1. The zero-order valence-corrected chi connectivity index (χ0v) is 9.08. The molecule has 0 aliphatic rings. The van der Waals surface area contributed by atoms with Gasteiger partial charge in [-0.05, 0) is 19.1 Å². The number of thiazole rings is 1. The third kappa shape index (κ3) is 1.65. The molecule has 0 saturated heterocycles. The van der Waals surface area contributed by atoms with Gasteiger partial charge in [0.2, 0.25) is 0 Å². The number of hydrogen-bond donors (Lipinski definition) is 1. The highest BCUT2D eigenvalue weighted by Crippen LogP contribution is 2.28. The fourth-order valence-electron chi connectivity index (χ4n) is 1.29. The monoisotopic (exact) mass is 207 g/mol. The second-order valence-electron chi connectivity index (χ2n) is 3.55. The lowest BCUT2D eigenvalue weighted by molar-refractivity contribution is 0.169. The van der Waals surface area contributed by atoms with Crippen LogP contribution in [0.3, 0.4) is 0 Å². The number of aromatic nitrogens is 1. The number of fused-ring (bicyclic) bond motifs is 1. The molecule has 0 radical (unpaired) electrons. The fraction of sp³-hybridized carbons (Fsp3) is 0.364.